The van der Waals surface area contributed by atoms with E-state index < -0.39 is 0 Å². The average Bonchev–Trinajstić information content (AvgIpc) is 2.53. The third-order valence-corrected chi connectivity index (χ3v) is 3.82. The summed E-state index contributed by atoms with van der Waals surface area (Å²) in [5.41, 5.74) is 1.68. The van der Waals surface area contributed by atoms with Crippen molar-refractivity contribution in [3.63, 3.8) is 0 Å². The fourth-order valence-electron chi connectivity index (χ4n) is 2.02. The maximum absolute atomic E-state index is 11.2. The Balaban J connectivity index is 2.12. The first kappa shape index (κ1) is 16.2. The predicted octanol–water partition coefficient (Wildman–Crippen LogP) is 3.95. The van der Waals surface area contributed by atoms with Crippen molar-refractivity contribution in [3.05, 3.63) is 48.0 Å². The van der Waals surface area contributed by atoms with Gasteiger partial charge in [-0.3, -0.25) is 4.79 Å². The first-order valence-electron chi connectivity index (χ1n) is 6.84. The van der Waals surface area contributed by atoms with Gasteiger partial charge in [0.25, 0.3) is 0 Å². The van der Waals surface area contributed by atoms with Crippen LogP contribution in [-0.2, 0) is 11.4 Å². The molecule has 0 fully saturated rings. The molecule has 0 aliphatic carbocycles. The smallest absolute Gasteiger partial charge is 0.221 e. The van der Waals surface area contributed by atoms with E-state index in [0.29, 0.717) is 18.0 Å². The molecule has 0 aliphatic heterocycles. The third kappa shape index (κ3) is 4.18. The Morgan fingerprint density at radius 1 is 1.18 bits per heavy atom. The molecule has 0 unspecified atom stereocenters. The Morgan fingerprint density at radius 2 is 1.95 bits per heavy atom. The summed E-state index contributed by atoms with van der Waals surface area (Å²) >= 11 is 1.64. The standard InChI is InChI=1S/C17H19NO3S/c1-12(19)18-14-6-4-5-7-15(14)21-11-13-8-9-17(22-3)16(10-13)20-2/h4-10H,11H2,1-3H3,(H,18,19). The fraction of sp³-hybridized carbons (Fsp3) is 0.235. The van der Waals surface area contributed by atoms with Gasteiger partial charge in [0.15, 0.2) is 0 Å². The number of thioether (sulfide) groups is 1. The lowest BCUT2D eigenvalue weighted by Crippen LogP contribution is -2.07. The molecule has 22 heavy (non-hydrogen) atoms. The maximum atomic E-state index is 11.2. The molecular formula is C17H19NO3S. The molecule has 0 bridgehead atoms. The van der Waals surface area contributed by atoms with Gasteiger partial charge in [0.05, 0.1) is 12.8 Å². The van der Waals surface area contributed by atoms with E-state index in [9.17, 15) is 4.79 Å². The van der Waals surface area contributed by atoms with E-state index in [1.54, 1.807) is 18.9 Å². The number of ether oxygens (including phenoxy) is 2. The summed E-state index contributed by atoms with van der Waals surface area (Å²) in [6.45, 7) is 1.88. The zero-order valence-electron chi connectivity index (χ0n) is 12.9. The number of carbonyl (C=O) groups excluding carboxylic acids is 1. The normalized spacial score (nSPS) is 10.1. The monoisotopic (exact) mass is 317 g/mol. The molecule has 0 aromatic heterocycles. The van der Waals surface area contributed by atoms with E-state index in [-0.39, 0.29) is 5.91 Å². The van der Waals surface area contributed by atoms with Gasteiger partial charge in [-0.2, -0.15) is 0 Å². The van der Waals surface area contributed by atoms with Crippen molar-refractivity contribution < 1.29 is 14.3 Å². The van der Waals surface area contributed by atoms with Crippen molar-refractivity contribution in [1.29, 1.82) is 0 Å². The summed E-state index contributed by atoms with van der Waals surface area (Å²) in [5, 5.41) is 2.76. The Morgan fingerprint density at radius 3 is 2.64 bits per heavy atom. The van der Waals surface area contributed by atoms with Crippen molar-refractivity contribution >= 4 is 23.4 Å². The molecule has 2 aromatic rings. The molecule has 0 atom stereocenters. The largest absolute Gasteiger partial charge is 0.496 e. The van der Waals surface area contributed by atoms with E-state index >= 15 is 0 Å². The van der Waals surface area contributed by atoms with E-state index in [1.807, 2.05) is 48.7 Å². The highest BCUT2D eigenvalue weighted by molar-refractivity contribution is 7.98. The quantitative estimate of drug-likeness (QED) is 0.819. The molecule has 2 rings (SSSR count). The number of methoxy groups -OCH3 is 1. The Kier molecular flexibility index (Phi) is 5.72. The lowest BCUT2D eigenvalue weighted by atomic mass is 10.2. The Bertz CT molecular complexity index is 658. The van der Waals surface area contributed by atoms with Gasteiger partial charge in [0, 0.05) is 11.8 Å². The van der Waals surface area contributed by atoms with Gasteiger partial charge < -0.3 is 14.8 Å². The van der Waals surface area contributed by atoms with Crippen molar-refractivity contribution in [2.75, 3.05) is 18.7 Å². The van der Waals surface area contributed by atoms with Crippen LogP contribution in [0, 0.1) is 0 Å². The number of carbonyl (C=O) groups is 1. The Hall–Kier alpha value is -2.14. The van der Waals surface area contributed by atoms with Crippen LogP contribution in [-0.4, -0.2) is 19.3 Å². The number of para-hydroxylation sites is 2. The summed E-state index contributed by atoms with van der Waals surface area (Å²) in [6.07, 6.45) is 2.01. The topological polar surface area (TPSA) is 47.6 Å². The average molecular weight is 317 g/mol. The summed E-state index contributed by atoms with van der Waals surface area (Å²) in [6, 6.07) is 13.4. The number of hydrogen-bond donors (Lipinski definition) is 1. The molecule has 2 aromatic carbocycles. The number of hydrogen-bond acceptors (Lipinski definition) is 4. The van der Waals surface area contributed by atoms with Gasteiger partial charge in [0.2, 0.25) is 5.91 Å². The molecule has 1 N–H and O–H groups in total. The van der Waals surface area contributed by atoms with E-state index in [2.05, 4.69) is 5.32 Å². The highest BCUT2D eigenvalue weighted by Crippen LogP contribution is 2.29. The SMILES string of the molecule is COc1cc(COc2ccccc2NC(C)=O)ccc1SC. The van der Waals surface area contributed by atoms with E-state index in [4.69, 9.17) is 9.47 Å². The molecule has 0 radical (unpaired) electrons. The van der Waals surface area contributed by atoms with Crippen LogP contribution in [0.25, 0.3) is 0 Å². The molecule has 5 heteroatoms. The van der Waals surface area contributed by atoms with Crippen LogP contribution >= 0.6 is 11.8 Å². The van der Waals surface area contributed by atoms with E-state index in [0.717, 1.165) is 16.2 Å². The number of benzene rings is 2. The fourth-order valence-corrected chi connectivity index (χ4v) is 2.56. The van der Waals surface area contributed by atoms with Crippen LogP contribution in [0.4, 0.5) is 5.69 Å². The van der Waals surface area contributed by atoms with Gasteiger partial charge in [-0.25, -0.2) is 0 Å². The zero-order chi connectivity index (χ0) is 15.9. The predicted molar refractivity (Wildman–Crippen MR) is 89.9 cm³/mol. The van der Waals surface area contributed by atoms with Crippen LogP contribution < -0.4 is 14.8 Å². The number of rotatable bonds is 6. The van der Waals surface area contributed by atoms with Crippen LogP contribution in [0.15, 0.2) is 47.4 Å². The van der Waals surface area contributed by atoms with Crippen molar-refractivity contribution in [1.82, 2.24) is 0 Å². The Labute approximate surface area is 134 Å². The second-order valence-corrected chi connectivity index (χ2v) is 5.50. The zero-order valence-corrected chi connectivity index (χ0v) is 13.7. The minimum absolute atomic E-state index is 0.123. The van der Waals surface area contributed by atoms with Gasteiger partial charge in [-0.05, 0) is 36.1 Å². The summed E-state index contributed by atoms with van der Waals surface area (Å²) in [7, 11) is 1.66. The van der Waals surface area contributed by atoms with Gasteiger partial charge >= 0.3 is 0 Å². The maximum Gasteiger partial charge on any atom is 0.221 e. The lowest BCUT2D eigenvalue weighted by Gasteiger charge is -2.13. The first-order valence-corrected chi connectivity index (χ1v) is 8.07. The first-order chi connectivity index (χ1) is 10.6. The summed E-state index contributed by atoms with van der Waals surface area (Å²) in [4.78, 5) is 12.3. The van der Waals surface area contributed by atoms with Gasteiger partial charge in [0.1, 0.15) is 18.1 Å². The van der Waals surface area contributed by atoms with Crippen LogP contribution in [0.5, 0.6) is 11.5 Å². The van der Waals surface area contributed by atoms with Crippen LogP contribution in [0.1, 0.15) is 12.5 Å². The lowest BCUT2D eigenvalue weighted by molar-refractivity contribution is -0.114. The summed E-state index contributed by atoms with van der Waals surface area (Å²) in [5.74, 6) is 1.36. The highest BCUT2D eigenvalue weighted by atomic mass is 32.2. The molecule has 116 valence electrons. The highest BCUT2D eigenvalue weighted by Gasteiger charge is 2.07. The molecule has 0 saturated heterocycles. The molecule has 1 amide bonds. The molecule has 4 nitrogen and oxygen atoms in total. The van der Waals surface area contributed by atoms with Gasteiger partial charge in [-0.15, -0.1) is 11.8 Å². The third-order valence-electron chi connectivity index (χ3n) is 3.04. The van der Waals surface area contributed by atoms with Crippen molar-refractivity contribution in [3.8, 4) is 11.5 Å². The van der Waals surface area contributed by atoms with Crippen molar-refractivity contribution in [2.45, 2.75) is 18.4 Å². The molecule has 0 spiro atoms. The molecule has 0 saturated carbocycles. The van der Waals surface area contributed by atoms with Crippen molar-refractivity contribution in [2.24, 2.45) is 0 Å². The minimum atomic E-state index is -0.123. The van der Waals surface area contributed by atoms with E-state index in [1.165, 1.54) is 6.92 Å². The molecule has 0 heterocycles. The molecular weight excluding hydrogens is 298 g/mol. The number of amides is 1. The van der Waals surface area contributed by atoms with Crippen LogP contribution in [0.3, 0.4) is 0 Å². The second kappa shape index (κ2) is 7.75. The number of nitrogens with one attached hydrogen (secondary N) is 1. The minimum Gasteiger partial charge on any atom is -0.496 e. The summed E-state index contributed by atoms with van der Waals surface area (Å²) < 4.78 is 11.2. The molecule has 0 aliphatic rings. The second-order valence-electron chi connectivity index (χ2n) is 4.66. The van der Waals surface area contributed by atoms with Gasteiger partial charge in [-0.1, -0.05) is 18.2 Å². The number of anilines is 1. The van der Waals surface area contributed by atoms with Crippen LogP contribution in [0.2, 0.25) is 0 Å².